The van der Waals surface area contributed by atoms with Crippen molar-refractivity contribution in [3.8, 4) is 0 Å². The Morgan fingerprint density at radius 3 is 2.71 bits per heavy atom. The second-order valence-electron chi connectivity index (χ2n) is 5.38. The predicted molar refractivity (Wildman–Crippen MR) is 78.1 cm³/mol. The van der Waals surface area contributed by atoms with Gasteiger partial charge in [0, 0.05) is 32.3 Å². The van der Waals surface area contributed by atoms with E-state index in [1.807, 2.05) is 6.92 Å². The lowest BCUT2D eigenvalue weighted by molar-refractivity contribution is -0.137. The van der Waals surface area contributed by atoms with Crippen molar-refractivity contribution in [3.63, 3.8) is 0 Å². The number of carboxylic acids is 1. The number of hydrogen-bond donors (Lipinski definition) is 2. The van der Waals surface area contributed by atoms with Gasteiger partial charge in [-0.1, -0.05) is 0 Å². The summed E-state index contributed by atoms with van der Waals surface area (Å²) in [6.45, 7) is 4.11. The number of carbonyl (C=O) groups is 2. The molecule has 1 saturated heterocycles. The summed E-state index contributed by atoms with van der Waals surface area (Å²) >= 11 is 0. The largest absolute Gasteiger partial charge is 0.481 e. The number of urea groups is 1. The predicted octanol–water partition coefficient (Wildman–Crippen LogP) is 2.01. The maximum Gasteiger partial charge on any atom is 0.321 e. The zero-order valence-electron chi connectivity index (χ0n) is 12.3. The number of hydrogen-bond acceptors (Lipinski definition) is 3. The molecule has 1 aromatic rings. The maximum atomic E-state index is 12.1. The summed E-state index contributed by atoms with van der Waals surface area (Å²) in [6.07, 6.45) is 6.10. The van der Waals surface area contributed by atoms with E-state index in [9.17, 15) is 9.59 Å². The second kappa shape index (κ2) is 7.10. The minimum absolute atomic E-state index is 0.109. The van der Waals surface area contributed by atoms with Crippen molar-refractivity contribution in [3.05, 3.63) is 12.4 Å². The summed E-state index contributed by atoms with van der Waals surface area (Å²) in [7, 11) is 0. The third-order valence-corrected chi connectivity index (χ3v) is 3.88. The molecule has 2 rings (SSSR count). The lowest BCUT2D eigenvalue weighted by Gasteiger charge is -2.31. The summed E-state index contributed by atoms with van der Waals surface area (Å²) in [5.41, 5.74) is 0.704. The van der Waals surface area contributed by atoms with Crippen LogP contribution in [0.2, 0.25) is 0 Å². The molecule has 21 heavy (non-hydrogen) atoms. The molecular weight excluding hydrogens is 272 g/mol. The Kier molecular flexibility index (Phi) is 5.19. The molecular formula is C14H22N4O3. The number of likely N-dealkylation sites (tertiary alicyclic amines) is 1. The van der Waals surface area contributed by atoms with Crippen molar-refractivity contribution < 1.29 is 14.7 Å². The molecule has 0 spiro atoms. The van der Waals surface area contributed by atoms with Gasteiger partial charge in [0.05, 0.1) is 11.9 Å². The van der Waals surface area contributed by atoms with Gasteiger partial charge in [0.25, 0.3) is 0 Å². The SMILES string of the molecule is CCn1cc(NC(=O)N2CCC(CCC(=O)O)CC2)cn1. The van der Waals surface area contributed by atoms with Crippen LogP contribution < -0.4 is 5.32 Å². The Labute approximate surface area is 123 Å². The first kappa shape index (κ1) is 15.3. The van der Waals surface area contributed by atoms with Gasteiger partial charge in [0.1, 0.15) is 0 Å². The number of aromatic nitrogens is 2. The molecule has 0 aromatic carbocycles. The number of amides is 2. The molecule has 0 unspecified atom stereocenters. The lowest BCUT2D eigenvalue weighted by Crippen LogP contribution is -2.41. The molecule has 1 aliphatic heterocycles. The molecule has 0 bridgehead atoms. The third kappa shape index (κ3) is 4.47. The monoisotopic (exact) mass is 294 g/mol. The number of nitrogens with zero attached hydrogens (tertiary/aromatic N) is 3. The van der Waals surface area contributed by atoms with Gasteiger partial charge in [0.2, 0.25) is 0 Å². The quantitative estimate of drug-likeness (QED) is 0.869. The van der Waals surface area contributed by atoms with Crippen molar-refractivity contribution in [2.75, 3.05) is 18.4 Å². The molecule has 1 aromatic heterocycles. The molecule has 1 aliphatic rings. The van der Waals surface area contributed by atoms with Crippen LogP contribution in [-0.4, -0.2) is 44.9 Å². The van der Waals surface area contributed by atoms with Gasteiger partial charge >= 0.3 is 12.0 Å². The van der Waals surface area contributed by atoms with E-state index in [2.05, 4.69) is 10.4 Å². The van der Waals surface area contributed by atoms with Crippen LogP contribution in [0.4, 0.5) is 10.5 Å². The van der Waals surface area contributed by atoms with E-state index in [0.29, 0.717) is 31.1 Å². The molecule has 0 aliphatic carbocycles. The highest BCUT2D eigenvalue weighted by atomic mass is 16.4. The van der Waals surface area contributed by atoms with Crippen LogP contribution >= 0.6 is 0 Å². The number of aliphatic carboxylic acids is 1. The first-order valence-corrected chi connectivity index (χ1v) is 7.38. The number of anilines is 1. The minimum atomic E-state index is -0.747. The van der Waals surface area contributed by atoms with Crippen LogP contribution in [0.1, 0.15) is 32.6 Å². The molecule has 0 radical (unpaired) electrons. The number of nitrogens with one attached hydrogen (secondary N) is 1. The summed E-state index contributed by atoms with van der Waals surface area (Å²) in [5.74, 6) is -0.337. The summed E-state index contributed by atoms with van der Waals surface area (Å²) in [5, 5.41) is 15.6. The van der Waals surface area contributed by atoms with Crippen LogP contribution in [0, 0.1) is 5.92 Å². The Balaban J connectivity index is 1.76. The van der Waals surface area contributed by atoms with E-state index < -0.39 is 5.97 Å². The van der Waals surface area contributed by atoms with Crippen molar-refractivity contribution >= 4 is 17.7 Å². The lowest BCUT2D eigenvalue weighted by atomic mass is 9.92. The van der Waals surface area contributed by atoms with Gasteiger partial charge in [-0.2, -0.15) is 5.10 Å². The van der Waals surface area contributed by atoms with Gasteiger partial charge < -0.3 is 15.3 Å². The number of carbonyl (C=O) groups excluding carboxylic acids is 1. The standard InChI is InChI=1S/C14H22N4O3/c1-2-18-10-12(9-15-18)16-14(21)17-7-5-11(6-8-17)3-4-13(19)20/h9-11H,2-8H2,1H3,(H,16,21)(H,19,20). The molecule has 2 heterocycles. The summed E-state index contributed by atoms with van der Waals surface area (Å²) < 4.78 is 1.76. The van der Waals surface area contributed by atoms with Gasteiger partial charge in [-0.15, -0.1) is 0 Å². The van der Waals surface area contributed by atoms with Crippen LogP contribution in [0.5, 0.6) is 0 Å². The first-order valence-electron chi connectivity index (χ1n) is 7.38. The number of aryl methyl sites for hydroxylation is 1. The molecule has 1 fully saturated rings. The van der Waals surface area contributed by atoms with E-state index in [1.165, 1.54) is 0 Å². The van der Waals surface area contributed by atoms with Gasteiger partial charge in [-0.25, -0.2) is 4.79 Å². The Morgan fingerprint density at radius 1 is 1.43 bits per heavy atom. The molecule has 116 valence electrons. The minimum Gasteiger partial charge on any atom is -0.481 e. The van der Waals surface area contributed by atoms with Gasteiger partial charge in [-0.05, 0) is 32.1 Å². The normalized spacial score (nSPS) is 16.0. The third-order valence-electron chi connectivity index (χ3n) is 3.88. The molecule has 7 heteroatoms. The maximum absolute atomic E-state index is 12.1. The number of piperidine rings is 1. The van der Waals surface area contributed by atoms with Crippen molar-refractivity contribution in [2.24, 2.45) is 5.92 Å². The van der Waals surface area contributed by atoms with Crippen LogP contribution in [0.3, 0.4) is 0 Å². The van der Waals surface area contributed by atoms with Crippen molar-refractivity contribution in [1.82, 2.24) is 14.7 Å². The highest BCUT2D eigenvalue weighted by Crippen LogP contribution is 2.22. The van der Waals surface area contributed by atoms with E-state index >= 15 is 0 Å². The molecule has 0 saturated carbocycles. The first-order chi connectivity index (χ1) is 10.1. The van der Waals surface area contributed by atoms with E-state index in [4.69, 9.17) is 5.11 Å². The van der Waals surface area contributed by atoms with Crippen LogP contribution in [-0.2, 0) is 11.3 Å². The average molecular weight is 294 g/mol. The van der Waals surface area contributed by atoms with Crippen molar-refractivity contribution in [2.45, 2.75) is 39.2 Å². The fourth-order valence-corrected chi connectivity index (χ4v) is 2.56. The number of carboxylic acid groups (broad SMARTS) is 1. The van der Waals surface area contributed by atoms with E-state index in [-0.39, 0.29) is 12.5 Å². The Morgan fingerprint density at radius 2 is 2.14 bits per heavy atom. The second-order valence-corrected chi connectivity index (χ2v) is 5.38. The molecule has 2 amide bonds. The molecule has 0 atom stereocenters. The fraction of sp³-hybridized carbons (Fsp3) is 0.643. The van der Waals surface area contributed by atoms with Crippen molar-refractivity contribution in [1.29, 1.82) is 0 Å². The zero-order valence-corrected chi connectivity index (χ0v) is 12.3. The summed E-state index contributed by atoms with van der Waals surface area (Å²) in [4.78, 5) is 24.5. The highest BCUT2D eigenvalue weighted by Gasteiger charge is 2.23. The number of rotatable bonds is 5. The average Bonchev–Trinajstić information content (AvgIpc) is 2.93. The summed E-state index contributed by atoms with van der Waals surface area (Å²) in [6, 6.07) is -0.109. The van der Waals surface area contributed by atoms with E-state index in [0.717, 1.165) is 19.4 Å². The van der Waals surface area contributed by atoms with Gasteiger partial charge in [-0.3, -0.25) is 9.48 Å². The van der Waals surface area contributed by atoms with Gasteiger partial charge in [0.15, 0.2) is 0 Å². The highest BCUT2D eigenvalue weighted by molar-refractivity contribution is 5.89. The van der Waals surface area contributed by atoms with Crippen LogP contribution in [0.25, 0.3) is 0 Å². The smallest absolute Gasteiger partial charge is 0.321 e. The fourth-order valence-electron chi connectivity index (χ4n) is 2.56. The Hall–Kier alpha value is -2.05. The molecule has 7 nitrogen and oxygen atoms in total. The van der Waals surface area contributed by atoms with E-state index in [1.54, 1.807) is 22.0 Å². The van der Waals surface area contributed by atoms with Crippen LogP contribution in [0.15, 0.2) is 12.4 Å². The Bertz CT molecular complexity index is 492. The molecule has 2 N–H and O–H groups in total. The topological polar surface area (TPSA) is 87.5 Å². The zero-order chi connectivity index (χ0) is 15.2.